The smallest absolute Gasteiger partial charge is 0.276 e. The van der Waals surface area contributed by atoms with Crippen molar-refractivity contribution in [1.82, 2.24) is 29.7 Å². The Balaban J connectivity index is 1.45. The first kappa shape index (κ1) is 20.6. The van der Waals surface area contributed by atoms with Crippen molar-refractivity contribution in [2.75, 3.05) is 6.54 Å². The fourth-order valence-corrected chi connectivity index (χ4v) is 3.99. The van der Waals surface area contributed by atoms with E-state index >= 15 is 0 Å². The molecule has 1 aliphatic rings. The largest absolute Gasteiger partial charge is 0.448 e. The van der Waals surface area contributed by atoms with E-state index < -0.39 is 6.04 Å². The van der Waals surface area contributed by atoms with Crippen LogP contribution in [0.3, 0.4) is 0 Å². The summed E-state index contributed by atoms with van der Waals surface area (Å²) < 4.78 is 7.19. The molecule has 1 atom stereocenters. The molecule has 4 heterocycles. The van der Waals surface area contributed by atoms with Gasteiger partial charge in [-0.1, -0.05) is 36.4 Å². The van der Waals surface area contributed by atoms with Crippen molar-refractivity contribution in [2.45, 2.75) is 26.1 Å². The summed E-state index contributed by atoms with van der Waals surface area (Å²) in [6.45, 7) is 3.02. The third-order valence-corrected chi connectivity index (χ3v) is 5.57. The van der Waals surface area contributed by atoms with Crippen LogP contribution in [0.15, 0.2) is 71.7 Å². The van der Waals surface area contributed by atoms with E-state index in [4.69, 9.17) is 4.42 Å². The van der Waals surface area contributed by atoms with Gasteiger partial charge < -0.3 is 19.2 Å². The summed E-state index contributed by atoms with van der Waals surface area (Å²) in [6.07, 6.45) is 6.51. The highest BCUT2D eigenvalue weighted by Crippen LogP contribution is 2.32. The number of rotatable bonds is 5. The fourth-order valence-electron chi connectivity index (χ4n) is 3.99. The van der Waals surface area contributed by atoms with Gasteiger partial charge in [0.15, 0.2) is 11.6 Å². The number of aryl methyl sites for hydroxylation is 1. The first-order valence-electron chi connectivity index (χ1n) is 10.6. The van der Waals surface area contributed by atoms with Crippen LogP contribution in [0.25, 0.3) is 0 Å². The molecule has 4 aromatic rings. The Kier molecular flexibility index (Phi) is 5.43. The minimum Gasteiger partial charge on any atom is -0.448 e. The molecule has 0 bridgehead atoms. The van der Waals surface area contributed by atoms with Crippen LogP contribution in [0, 0.1) is 6.92 Å². The number of oxazole rings is 1. The number of hydrogen-bond donors (Lipinski definition) is 1. The zero-order valence-corrected chi connectivity index (χ0v) is 18.0. The van der Waals surface area contributed by atoms with Gasteiger partial charge in [-0.2, -0.15) is 0 Å². The van der Waals surface area contributed by atoms with Gasteiger partial charge in [0.25, 0.3) is 11.8 Å². The van der Waals surface area contributed by atoms with Gasteiger partial charge in [-0.05, 0) is 17.2 Å². The van der Waals surface area contributed by atoms with Gasteiger partial charge in [0, 0.05) is 45.1 Å². The van der Waals surface area contributed by atoms with Crippen molar-refractivity contribution in [1.29, 1.82) is 0 Å². The summed E-state index contributed by atoms with van der Waals surface area (Å²) in [4.78, 5) is 40.7. The van der Waals surface area contributed by atoms with Crippen molar-refractivity contribution in [3.8, 4) is 0 Å². The minimum atomic E-state index is -0.454. The molecule has 0 saturated carbocycles. The van der Waals surface area contributed by atoms with Crippen LogP contribution in [0.5, 0.6) is 0 Å². The van der Waals surface area contributed by atoms with Crippen molar-refractivity contribution in [3.05, 3.63) is 102 Å². The molecule has 0 spiro atoms. The Morgan fingerprint density at radius 2 is 1.94 bits per heavy atom. The first-order valence-corrected chi connectivity index (χ1v) is 10.6. The van der Waals surface area contributed by atoms with Crippen molar-refractivity contribution < 1.29 is 14.0 Å². The second-order valence-electron chi connectivity index (χ2n) is 7.79. The van der Waals surface area contributed by atoms with Crippen molar-refractivity contribution >= 4 is 11.8 Å². The van der Waals surface area contributed by atoms with Gasteiger partial charge >= 0.3 is 0 Å². The molecule has 0 aliphatic carbocycles. The van der Waals surface area contributed by atoms with E-state index in [9.17, 15) is 9.59 Å². The Morgan fingerprint density at radius 3 is 2.67 bits per heavy atom. The maximum atomic E-state index is 13.3. The topological polar surface area (TPSA) is 106 Å². The molecule has 0 fully saturated rings. The van der Waals surface area contributed by atoms with E-state index in [-0.39, 0.29) is 17.5 Å². The van der Waals surface area contributed by atoms with Crippen LogP contribution < -0.4 is 5.32 Å². The van der Waals surface area contributed by atoms with Gasteiger partial charge in [0.2, 0.25) is 0 Å². The minimum absolute atomic E-state index is 0.238. The summed E-state index contributed by atoms with van der Waals surface area (Å²) in [5, 5.41) is 2.88. The van der Waals surface area contributed by atoms with Crippen LogP contribution in [0.2, 0.25) is 0 Å². The molecule has 9 heteroatoms. The van der Waals surface area contributed by atoms with E-state index in [1.807, 2.05) is 47.0 Å². The van der Waals surface area contributed by atoms with Crippen LogP contribution in [-0.4, -0.2) is 42.8 Å². The van der Waals surface area contributed by atoms with Crippen LogP contribution in [-0.2, 0) is 13.1 Å². The molecule has 3 aromatic heterocycles. The van der Waals surface area contributed by atoms with Gasteiger partial charge in [-0.3, -0.25) is 14.6 Å². The molecule has 1 aromatic carbocycles. The Labute approximate surface area is 190 Å². The predicted octanol–water partition coefficient (Wildman–Crippen LogP) is 2.75. The highest BCUT2D eigenvalue weighted by Gasteiger charge is 2.36. The lowest BCUT2D eigenvalue weighted by atomic mass is 10.0. The molecule has 0 radical (unpaired) electrons. The standard InChI is InChI=1S/C24H22N6O3/c1-16-27-20(15-33-16)24(32)30-11-10-29-14-19(23(31)26-13-17-6-5-9-25-12-17)28-22(29)21(30)18-7-3-2-4-8-18/h2-9,12,14-15,21H,10-11,13H2,1H3,(H,26,31). The average Bonchev–Trinajstić information content (AvgIpc) is 3.49. The summed E-state index contributed by atoms with van der Waals surface area (Å²) in [7, 11) is 0. The quantitative estimate of drug-likeness (QED) is 0.509. The highest BCUT2D eigenvalue weighted by atomic mass is 16.3. The number of carbonyl (C=O) groups is 2. The van der Waals surface area contributed by atoms with Crippen LogP contribution >= 0.6 is 0 Å². The number of pyridine rings is 1. The molecular weight excluding hydrogens is 420 g/mol. The highest BCUT2D eigenvalue weighted by molar-refractivity contribution is 5.93. The van der Waals surface area contributed by atoms with E-state index in [1.165, 1.54) is 6.26 Å². The van der Waals surface area contributed by atoms with Crippen LogP contribution in [0.1, 0.15) is 49.9 Å². The lowest BCUT2D eigenvalue weighted by molar-refractivity contribution is 0.0652. The van der Waals surface area contributed by atoms with Crippen molar-refractivity contribution in [2.24, 2.45) is 0 Å². The maximum Gasteiger partial charge on any atom is 0.276 e. The molecular formula is C24H22N6O3. The zero-order chi connectivity index (χ0) is 22.8. The molecule has 166 valence electrons. The van der Waals surface area contributed by atoms with Gasteiger partial charge in [0.05, 0.1) is 0 Å². The number of nitrogens with one attached hydrogen (secondary N) is 1. The summed E-state index contributed by atoms with van der Waals surface area (Å²) in [5.41, 5.74) is 2.36. The van der Waals surface area contributed by atoms with E-state index in [0.29, 0.717) is 37.0 Å². The van der Waals surface area contributed by atoms with E-state index in [0.717, 1.165) is 11.1 Å². The number of nitrogens with zero attached hydrogens (tertiary/aromatic N) is 5. The van der Waals surface area contributed by atoms with Crippen LogP contribution in [0.4, 0.5) is 0 Å². The molecule has 1 N–H and O–H groups in total. The number of imidazole rings is 1. The number of benzene rings is 1. The average molecular weight is 442 g/mol. The maximum absolute atomic E-state index is 13.3. The summed E-state index contributed by atoms with van der Waals surface area (Å²) in [6, 6.07) is 12.9. The molecule has 5 rings (SSSR count). The normalized spacial score (nSPS) is 15.2. The molecule has 9 nitrogen and oxygen atoms in total. The van der Waals surface area contributed by atoms with Crippen molar-refractivity contribution in [3.63, 3.8) is 0 Å². The summed E-state index contributed by atoms with van der Waals surface area (Å²) in [5.74, 6) is 0.545. The molecule has 2 amide bonds. The second-order valence-corrected chi connectivity index (χ2v) is 7.79. The second kappa shape index (κ2) is 8.70. The van der Waals surface area contributed by atoms with E-state index in [1.54, 1.807) is 30.4 Å². The Morgan fingerprint density at radius 1 is 1.09 bits per heavy atom. The zero-order valence-electron chi connectivity index (χ0n) is 18.0. The van der Waals surface area contributed by atoms with Gasteiger partial charge in [0.1, 0.15) is 23.8 Å². The number of hydrogen-bond acceptors (Lipinski definition) is 6. The molecule has 0 saturated heterocycles. The van der Waals surface area contributed by atoms with Gasteiger partial charge in [-0.25, -0.2) is 9.97 Å². The van der Waals surface area contributed by atoms with E-state index in [2.05, 4.69) is 20.3 Å². The lowest BCUT2D eigenvalue weighted by Gasteiger charge is -2.35. The molecule has 1 aliphatic heterocycles. The number of fused-ring (bicyclic) bond motifs is 1. The SMILES string of the molecule is Cc1nc(C(=O)N2CCn3cc(C(=O)NCc4cccnc4)nc3C2c2ccccc2)co1. The number of carbonyl (C=O) groups excluding carboxylic acids is 2. The monoisotopic (exact) mass is 442 g/mol. The fraction of sp³-hybridized carbons (Fsp3) is 0.208. The third-order valence-electron chi connectivity index (χ3n) is 5.57. The third kappa shape index (κ3) is 4.12. The summed E-state index contributed by atoms with van der Waals surface area (Å²) >= 11 is 0. The number of amides is 2. The van der Waals surface area contributed by atoms with Gasteiger partial charge in [-0.15, -0.1) is 0 Å². The number of aromatic nitrogens is 4. The Hall–Kier alpha value is -4.27. The Bertz CT molecular complexity index is 1280. The molecule has 1 unspecified atom stereocenters. The lowest BCUT2D eigenvalue weighted by Crippen LogP contribution is -2.43. The molecule has 33 heavy (non-hydrogen) atoms. The predicted molar refractivity (Wildman–Crippen MR) is 118 cm³/mol. The first-order chi connectivity index (χ1) is 16.1.